The third-order valence-electron chi connectivity index (χ3n) is 3.92. The van der Waals surface area contributed by atoms with Crippen molar-refractivity contribution in [2.24, 2.45) is 0 Å². The van der Waals surface area contributed by atoms with Gasteiger partial charge in [-0.1, -0.05) is 66.2 Å². The van der Waals surface area contributed by atoms with Gasteiger partial charge in [0.25, 0.3) is 5.91 Å². The Hall–Kier alpha value is -2.43. The first-order chi connectivity index (χ1) is 12.6. The van der Waals surface area contributed by atoms with E-state index in [1.165, 1.54) is 0 Å². The number of ketones is 1. The van der Waals surface area contributed by atoms with Crippen LogP contribution in [0.3, 0.4) is 0 Å². The van der Waals surface area contributed by atoms with E-state index in [2.05, 4.69) is 21.2 Å². The summed E-state index contributed by atoms with van der Waals surface area (Å²) in [6.07, 6.45) is 0. The quantitative estimate of drug-likeness (QED) is 0.549. The Kier molecular flexibility index (Phi) is 5.86. The van der Waals surface area contributed by atoms with E-state index in [1.807, 2.05) is 12.1 Å². The summed E-state index contributed by atoms with van der Waals surface area (Å²) in [6, 6.07) is 22.1. The first-order valence-corrected chi connectivity index (χ1v) is 9.13. The maximum atomic E-state index is 13.0. The van der Waals surface area contributed by atoms with Crippen LogP contribution in [-0.4, -0.2) is 11.7 Å². The normalized spacial score (nSPS) is 11.6. The van der Waals surface area contributed by atoms with Crippen molar-refractivity contribution in [3.63, 3.8) is 0 Å². The van der Waals surface area contributed by atoms with Crippen LogP contribution in [0.4, 0.5) is 0 Å². The highest BCUT2D eigenvalue weighted by molar-refractivity contribution is 9.10. The average Bonchev–Trinajstić information content (AvgIpc) is 2.67. The fourth-order valence-electron chi connectivity index (χ4n) is 2.58. The van der Waals surface area contributed by atoms with Gasteiger partial charge in [-0.15, -0.1) is 0 Å². The molecule has 1 atom stereocenters. The Morgan fingerprint density at radius 2 is 1.46 bits per heavy atom. The molecule has 1 N–H and O–H groups in total. The van der Waals surface area contributed by atoms with Gasteiger partial charge < -0.3 is 5.32 Å². The van der Waals surface area contributed by atoms with E-state index in [0.717, 1.165) is 0 Å². The molecule has 0 aromatic heterocycles. The van der Waals surface area contributed by atoms with Gasteiger partial charge in [0, 0.05) is 15.1 Å². The lowest BCUT2D eigenvalue weighted by atomic mass is 9.97. The zero-order valence-corrected chi connectivity index (χ0v) is 16.0. The van der Waals surface area contributed by atoms with Gasteiger partial charge in [0.15, 0.2) is 5.78 Å². The van der Waals surface area contributed by atoms with E-state index in [-0.39, 0.29) is 11.7 Å². The number of amides is 1. The van der Waals surface area contributed by atoms with Crippen LogP contribution in [0, 0.1) is 0 Å². The predicted octanol–water partition coefficient (Wildman–Crippen LogP) is 5.46. The van der Waals surface area contributed by atoms with Crippen LogP contribution in [0.1, 0.15) is 32.3 Å². The molecule has 5 heteroatoms. The Bertz CT molecular complexity index is 926. The maximum absolute atomic E-state index is 13.0. The Morgan fingerprint density at radius 3 is 2.12 bits per heavy atom. The zero-order valence-electron chi connectivity index (χ0n) is 13.7. The van der Waals surface area contributed by atoms with E-state index < -0.39 is 6.04 Å². The van der Waals surface area contributed by atoms with E-state index >= 15 is 0 Å². The lowest BCUT2D eigenvalue weighted by Crippen LogP contribution is -2.34. The molecule has 3 aromatic rings. The minimum atomic E-state index is -0.811. The smallest absolute Gasteiger partial charge is 0.253 e. The molecular weight excluding hydrogens is 414 g/mol. The van der Waals surface area contributed by atoms with Gasteiger partial charge in [0.1, 0.15) is 6.04 Å². The van der Waals surface area contributed by atoms with Crippen molar-refractivity contribution in [2.45, 2.75) is 6.04 Å². The SMILES string of the molecule is O=C(NC(C(=O)c1ccccc1)c1ccc(Cl)cc1)c1ccccc1Br. The fraction of sp³-hybridized carbons (Fsp3) is 0.0476. The monoisotopic (exact) mass is 427 g/mol. The van der Waals surface area contributed by atoms with Gasteiger partial charge in [0.05, 0.1) is 5.56 Å². The third kappa shape index (κ3) is 4.21. The first kappa shape index (κ1) is 18.4. The molecule has 0 aliphatic carbocycles. The molecule has 0 saturated carbocycles. The van der Waals surface area contributed by atoms with Crippen LogP contribution in [0.2, 0.25) is 5.02 Å². The number of benzene rings is 3. The van der Waals surface area contributed by atoms with Gasteiger partial charge in [-0.2, -0.15) is 0 Å². The van der Waals surface area contributed by atoms with Crippen molar-refractivity contribution in [2.75, 3.05) is 0 Å². The van der Waals surface area contributed by atoms with Crippen LogP contribution in [-0.2, 0) is 0 Å². The van der Waals surface area contributed by atoms with Crippen molar-refractivity contribution >= 4 is 39.2 Å². The maximum Gasteiger partial charge on any atom is 0.253 e. The van der Waals surface area contributed by atoms with Crippen LogP contribution in [0.15, 0.2) is 83.3 Å². The van der Waals surface area contributed by atoms with Gasteiger partial charge in [-0.05, 0) is 45.8 Å². The van der Waals surface area contributed by atoms with Gasteiger partial charge >= 0.3 is 0 Å². The minimum Gasteiger partial charge on any atom is -0.338 e. The summed E-state index contributed by atoms with van der Waals surface area (Å²) in [5.74, 6) is -0.518. The highest BCUT2D eigenvalue weighted by Gasteiger charge is 2.25. The Balaban J connectivity index is 1.95. The van der Waals surface area contributed by atoms with Crippen molar-refractivity contribution < 1.29 is 9.59 Å². The fourth-order valence-corrected chi connectivity index (χ4v) is 3.17. The van der Waals surface area contributed by atoms with Crippen LogP contribution in [0.25, 0.3) is 0 Å². The average molecular weight is 429 g/mol. The molecule has 3 nitrogen and oxygen atoms in total. The van der Waals surface area contributed by atoms with Crippen molar-refractivity contribution in [3.8, 4) is 0 Å². The topological polar surface area (TPSA) is 46.2 Å². The number of hydrogen-bond acceptors (Lipinski definition) is 2. The van der Waals surface area contributed by atoms with E-state index in [9.17, 15) is 9.59 Å². The molecule has 0 aliphatic rings. The van der Waals surface area contributed by atoms with Crippen LogP contribution >= 0.6 is 27.5 Å². The summed E-state index contributed by atoms with van der Waals surface area (Å²) >= 11 is 9.33. The second-order valence-electron chi connectivity index (χ2n) is 5.67. The molecule has 3 aromatic carbocycles. The molecule has 0 fully saturated rings. The second kappa shape index (κ2) is 8.30. The minimum absolute atomic E-state index is 0.187. The summed E-state index contributed by atoms with van der Waals surface area (Å²) in [7, 11) is 0. The molecule has 0 spiro atoms. The largest absolute Gasteiger partial charge is 0.338 e. The number of nitrogens with one attached hydrogen (secondary N) is 1. The molecule has 130 valence electrons. The van der Waals surface area contributed by atoms with Crippen molar-refractivity contribution in [1.29, 1.82) is 0 Å². The molecular formula is C21H15BrClNO2. The second-order valence-corrected chi connectivity index (χ2v) is 6.96. The number of carbonyl (C=O) groups is 2. The number of rotatable bonds is 5. The van der Waals surface area contributed by atoms with E-state index in [1.54, 1.807) is 66.7 Å². The first-order valence-electron chi connectivity index (χ1n) is 7.96. The number of Topliss-reactive ketones (excluding diaryl/α,β-unsaturated/α-hetero) is 1. The third-order valence-corrected chi connectivity index (χ3v) is 4.86. The molecule has 0 bridgehead atoms. The summed E-state index contributed by atoms with van der Waals surface area (Å²) in [4.78, 5) is 25.8. The lowest BCUT2D eigenvalue weighted by Gasteiger charge is -2.19. The summed E-state index contributed by atoms with van der Waals surface area (Å²) in [6.45, 7) is 0. The summed E-state index contributed by atoms with van der Waals surface area (Å²) < 4.78 is 0.666. The summed E-state index contributed by atoms with van der Waals surface area (Å²) in [5, 5.41) is 3.41. The number of carbonyl (C=O) groups excluding carboxylic acids is 2. The van der Waals surface area contributed by atoms with Crippen molar-refractivity contribution in [1.82, 2.24) is 5.32 Å². The zero-order chi connectivity index (χ0) is 18.5. The van der Waals surface area contributed by atoms with Crippen LogP contribution < -0.4 is 5.32 Å². The standard InChI is InChI=1S/C21H15BrClNO2/c22-18-9-5-4-8-17(18)21(26)24-19(14-10-12-16(23)13-11-14)20(25)15-6-2-1-3-7-15/h1-13,19H,(H,24,26). The molecule has 0 radical (unpaired) electrons. The molecule has 0 saturated heterocycles. The Morgan fingerprint density at radius 1 is 0.846 bits per heavy atom. The van der Waals surface area contributed by atoms with Gasteiger partial charge in [0.2, 0.25) is 0 Å². The Labute approximate surface area is 165 Å². The molecule has 1 amide bonds. The lowest BCUT2D eigenvalue weighted by molar-refractivity contribution is 0.0856. The van der Waals surface area contributed by atoms with Crippen molar-refractivity contribution in [3.05, 3.63) is 105 Å². The highest BCUT2D eigenvalue weighted by Crippen LogP contribution is 2.23. The predicted molar refractivity (Wildman–Crippen MR) is 107 cm³/mol. The molecule has 0 aliphatic heterocycles. The van der Waals surface area contributed by atoms with Crippen LogP contribution in [0.5, 0.6) is 0 Å². The van der Waals surface area contributed by atoms with E-state index in [4.69, 9.17) is 11.6 Å². The highest BCUT2D eigenvalue weighted by atomic mass is 79.9. The molecule has 3 rings (SSSR count). The molecule has 0 heterocycles. The van der Waals surface area contributed by atoms with Gasteiger partial charge in [-0.25, -0.2) is 0 Å². The molecule has 26 heavy (non-hydrogen) atoms. The summed E-state index contributed by atoms with van der Waals surface area (Å²) in [5.41, 5.74) is 1.66. The van der Waals surface area contributed by atoms with Gasteiger partial charge in [-0.3, -0.25) is 9.59 Å². The molecule has 1 unspecified atom stereocenters. The van der Waals surface area contributed by atoms with E-state index in [0.29, 0.717) is 26.2 Å². The number of halogens is 2. The number of hydrogen-bond donors (Lipinski definition) is 1.